The van der Waals surface area contributed by atoms with Gasteiger partial charge in [-0.1, -0.05) is 13.8 Å². The Morgan fingerprint density at radius 2 is 1.81 bits per heavy atom. The van der Waals surface area contributed by atoms with E-state index < -0.39 is 54.5 Å². The van der Waals surface area contributed by atoms with Gasteiger partial charge in [0.2, 0.25) is 17.7 Å². The van der Waals surface area contributed by atoms with Crippen molar-refractivity contribution >= 4 is 23.7 Å². The lowest BCUT2D eigenvalue weighted by molar-refractivity contribution is -0.144. The third-order valence-electron chi connectivity index (χ3n) is 4.42. The SMILES string of the molecule is CC(C)C[C@H](NC(=O)[C@@H](N)CO)C(=O)N1CCC[C@H]1C(=O)N[C@@H](C)C(=O)O. The number of amides is 3. The van der Waals surface area contributed by atoms with E-state index in [0.717, 1.165) is 0 Å². The van der Waals surface area contributed by atoms with E-state index in [1.54, 1.807) is 0 Å². The number of aliphatic carboxylic acids is 1. The highest BCUT2D eigenvalue weighted by molar-refractivity contribution is 5.94. The second-order valence-electron chi connectivity index (χ2n) is 7.24. The van der Waals surface area contributed by atoms with Gasteiger partial charge in [0.25, 0.3) is 0 Å². The number of hydrogen-bond donors (Lipinski definition) is 5. The number of aliphatic hydroxyl groups is 1. The third kappa shape index (κ3) is 6.47. The van der Waals surface area contributed by atoms with Crippen molar-refractivity contribution in [2.75, 3.05) is 13.2 Å². The number of carboxylic acids is 1. The van der Waals surface area contributed by atoms with E-state index in [4.69, 9.17) is 15.9 Å². The Kier molecular flexibility index (Phi) is 8.64. The predicted octanol–water partition coefficient (Wildman–Crippen LogP) is -1.58. The molecular weight excluding hydrogens is 356 g/mol. The monoisotopic (exact) mass is 386 g/mol. The van der Waals surface area contributed by atoms with Crippen LogP contribution in [0.25, 0.3) is 0 Å². The number of nitrogens with one attached hydrogen (secondary N) is 2. The molecule has 4 atom stereocenters. The molecule has 0 unspecified atom stereocenters. The van der Waals surface area contributed by atoms with E-state index in [-0.39, 0.29) is 5.92 Å². The number of rotatable bonds is 9. The first-order valence-electron chi connectivity index (χ1n) is 9.08. The normalized spacial score (nSPS) is 20.1. The minimum absolute atomic E-state index is 0.0894. The van der Waals surface area contributed by atoms with Gasteiger partial charge in [0.15, 0.2) is 0 Å². The Labute approximate surface area is 158 Å². The summed E-state index contributed by atoms with van der Waals surface area (Å²) in [7, 11) is 0. The summed E-state index contributed by atoms with van der Waals surface area (Å²) in [5, 5.41) is 22.9. The van der Waals surface area contributed by atoms with E-state index in [2.05, 4.69) is 10.6 Å². The van der Waals surface area contributed by atoms with Crippen LogP contribution in [-0.2, 0) is 19.2 Å². The van der Waals surface area contributed by atoms with Crippen LogP contribution in [0, 0.1) is 5.92 Å². The molecule has 10 heteroatoms. The quantitative estimate of drug-likeness (QED) is 0.319. The van der Waals surface area contributed by atoms with E-state index in [1.807, 2.05) is 13.8 Å². The summed E-state index contributed by atoms with van der Waals surface area (Å²) in [6.07, 6.45) is 1.37. The molecule has 1 aliphatic heterocycles. The first-order chi connectivity index (χ1) is 12.6. The van der Waals surface area contributed by atoms with Crippen molar-refractivity contribution in [2.24, 2.45) is 11.7 Å². The zero-order valence-electron chi connectivity index (χ0n) is 16.0. The molecular formula is C17H30N4O6. The van der Waals surface area contributed by atoms with Crippen LogP contribution in [0.2, 0.25) is 0 Å². The number of nitrogens with two attached hydrogens (primary N) is 1. The summed E-state index contributed by atoms with van der Waals surface area (Å²) in [6, 6.07) is -3.86. The van der Waals surface area contributed by atoms with Gasteiger partial charge < -0.3 is 31.5 Å². The second kappa shape index (κ2) is 10.2. The highest BCUT2D eigenvalue weighted by atomic mass is 16.4. The van der Waals surface area contributed by atoms with Crippen LogP contribution in [0.5, 0.6) is 0 Å². The van der Waals surface area contributed by atoms with Gasteiger partial charge >= 0.3 is 5.97 Å². The number of aliphatic hydroxyl groups excluding tert-OH is 1. The van der Waals surface area contributed by atoms with Crippen molar-refractivity contribution in [1.29, 1.82) is 0 Å². The molecule has 1 saturated heterocycles. The number of carbonyl (C=O) groups is 4. The topological polar surface area (TPSA) is 162 Å². The van der Waals surface area contributed by atoms with Crippen LogP contribution in [-0.4, -0.2) is 76.1 Å². The fraction of sp³-hybridized carbons (Fsp3) is 0.765. The number of carboxylic acid groups (broad SMARTS) is 1. The van der Waals surface area contributed by atoms with Crippen LogP contribution in [0.1, 0.15) is 40.0 Å². The molecule has 0 aliphatic carbocycles. The summed E-state index contributed by atoms with van der Waals surface area (Å²) in [5.41, 5.74) is 5.50. The highest BCUT2D eigenvalue weighted by Crippen LogP contribution is 2.20. The highest BCUT2D eigenvalue weighted by Gasteiger charge is 2.38. The number of nitrogens with zero attached hydrogens (tertiary/aromatic N) is 1. The lowest BCUT2D eigenvalue weighted by Crippen LogP contribution is -2.57. The van der Waals surface area contributed by atoms with E-state index in [0.29, 0.717) is 25.8 Å². The van der Waals surface area contributed by atoms with Crippen LogP contribution in [0.4, 0.5) is 0 Å². The van der Waals surface area contributed by atoms with Gasteiger partial charge in [-0.2, -0.15) is 0 Å². The minimum atomic E-state index is -1.16. The first kappa shape index (κ1) is 22.8. The third-order valence-corrected chi connectivity index (χ3v) is 4.42. The lowest BCUT2D eigenvalue weighted by atomic mass is 10.0. The number of carbonyl (C=O) groups excluding carboxylic acids is 3. The summed E-state index contributed by atoms with van der Waals surface area (Å²) >= 11 is 0. The maximum absolute atomic E-state index is 13.0. The van der Waals surface area contributed by atoms with E-state index in [9.17, 15) is 19.2 Å². The van der Waals surface area contributed by atoms with Crippen LogP contribution in [0.15, 0.2) is 0 Å². The number of hydrogen-bond acceptors (Lipinski definition) is 6. The molecule has 1 rings (SSSR count). The van der Waals surface area contributed by atoms with Gasteiger partial charge in [-0.25, -0.2) is 0 Å². The Morgan fingerprint density at radius 1 is 1.19 bits per heavy atom. The Bertz CT molecular complexity index is 568. The molecule has 27 heavy (non-hydrogen) atoms. The minimum Gasteiger partial charge on any atom is -0.480 e. The average Bonchev–Trinajstić information content (AvgIpc) is 3.08. The molecule has 0 aromatic rings. The van der Waals surface area contributed by atoms with Gasteiger partial charge in [-0.3, -0.25) is 19.2 Å². The van der Waals surface area contributed by atoms with Crippen molar-refractivity contribution in [3.63, 3.8) is 0 Å². The van der Waals surface area contributed by atoms with Gasteiger partial charge in [0.05, 0.1) is 6.61 Å². The molecule has 6 N–H and O–H groups in total. The van der Waals surface area contributed by atoms with Gasteiger partial charge in [0, 0.05) is 6.54 Å². The summed E-state index contributed by atoms with van der Waals surface area (Å²) in [4.78, 5) is 49.7. The molecule has 1 fully saturated rings. The summed E-state index contributed by atoms with van der Waals surface area (Å²) < 4.78 is 0. The Balaban J connectivity index is 2.90. The maximum Gasteiger partial charge on any atom is 0.325 e. The number of likely N-dealkylation sites (tertiary alicyclic amines) is 1. The maximum atomic E-state index is 13.0. The van der Waals surface area contributed by atoms with Crippen molar-refractivity contribution in [1.82, 2.24) is 15.5 Å². The smallest absolute Gasteiger partial charge is 0.325 e. The van der Waals surface area contributed by atoms with Crippen molar-refractivity contribution < 1.29 is 29.4 Å². The largest absolute Gasteiger partial charge is 0.480 e. The van der Waals surface area contributed by atoms with E-state index >= 15 is 0 Å². The fourth-order valence-electron chi connectivity index (χ4n) is 2.93. The van der Waals surface area contributed by atoms with Crippen LogP contribution < -0.4 is 16.4 Å². The standard InChI is InChI=1S/C17H30N4O6/c1-9(2)7-12(20-14(23)11(18)8-22)16(25)21-6-4-5-13(21)15(24)19-10(3)17(26)27/h9-13,22H,4-8,18H2,1-3H3,(H,19,24)(H,20,23)(H,26,27)/t10-,11-,12-,13-/m0/s1. The second-order valence-corrected chi connectivity index (χ2v) is 7.24. The Hall–Kier alpha value is -2.20. The molecule has 0 bridgehead atoms. The molecule has 10 nitrogen and oxygen atoms in total. The first-order valence-corrected chi connectivity index (χ1v) is 9.08. The summed E-state index contributed by atoms with van der Waals surface area (Å²) in [6.45, 7) is 4.92. The molecule has 0 aromatic heterocycles. The molecule has 1 heterocycles. The Morgan fingerprint density at radius 3 is 2.33 bits per heavy atom. The van der Waals surface area contributed by atoms with Gasteiger partial charge in [0.1, 0.15) is 24.2 Å². The van der Waals surface area contributed by atoms with Crippen LogP contribution >= 0.6 is 0 Å². The van der Waals surface area contributed by atoms with Crippen molar-refractivity contribution in [3.05, 3.63) is 0 Å². The van der Waals surface area contributed by atoms with Crippen molar-refractivity contribution in [2.45, 2.75) is 64.2 Å². The van der Waals surface area contributed by atoms with E-state index in [1.165, 1.54) is 11.8 Å². The molecule has 3 amide bonds. The lowest BCUT2D eigenvalue weighted by Gasteiger charge is -2.30. The zero-order chi connectivity index (χ0) is 20.7. The molecule has 0 spiro atoms. The van der Waals surface area contributed by atoms with Crippen molar-refractivity contribution in [3.8, 4) is 0 Å². The summed E-state index contributed by atoms with van der Waals surface area (Å²) in [5.74, 6) is -2.66. The molecule has 0 radical (unpaired) electrons. The predicted molar refractivity (Wildman–Crippen MR) is 96.4 cm³/mol. The molecule has 154 valence electrons. The zero-order valence-corrected chi connectivity index (χ0v) is 16.0. The fourth-order valence-corrected chi connectivity index (χ4v) is 2.93. The van der Waals surface area contributed by atoms with Gasteiger partial charge in [-0.15, -0.1) is 0 Å². The van der Waals surface area contributed by atoms with Crippen LogP contribution in [0.3, 0.4) is 0 Å². The van der Waals surface area contributed by atoms with Gasteiger partial charge in [-0.05, 0) is 32.1 Å². The molecule has 0 saturated carbocycles. The molecule has 1 aliphatic rings. The average molecular weight is 386 g/mol. The molecule has 0 aromatic carbocycles.